The van der Waals surface area contributed by atoms with Gasteiger partial charge in [-0.05, 0) is 28.1 Å². The normalized spacial score (nSPS) is 17.0. The highest BCUT2D eigenvalue weighted by atomic mass is 79.9. The van der Waals surface area contributed by atoms with Crippen LogP contribution in [0.1, 0.15) is 6.92 Å². The molecule has 0 atom stereocenters. The fraction of sp³-hybridized carbons (Fsp3) is 0.417. The van der Waals surface area contributed by atoms with Crippen LogP contribution in [0.25, 0.3) is 0 Å². The molecule has 0 aliphatic carbocycles. The van der Waals surface area contributed by atoms with E-state index >= 15 is 0 Å². The van der Waals surface area contributed by atoms with E-state index in [-0.39, 0.29) is 29.6 Å². The van der Waals surface area contributed by atoms with E-state index in [2.05, 4.69) is 31.9 Å². The smallest absolute Gasteiger partial charge is 0.246 e. The van der Waals surface area contributed by atoms with Crippen LogP contribution >= 0.6 is 31.9 Å². The van der Waals surface area contributed by atoms with Crippen molar-refractivity contribution in [2.24, 2.45) is 0 Å². The van der Waals surface area contributed by atoms with Gasteiger partial charge in [0.2, 0.25) is 15.9 Å². The van der Waals surface area contributed by atoms with Crippen molar-refractivity contribution in [3.63, 3.8) is 0 Å². The van der Waals surface area contributed by atoms with Crippen LogP contribution in [0, 0.1) is 0 Å². The topological polar surface area (TPSA) is 83.7 Å². The van der Waals surface area contributed by atoms with E-state index in [1.807, 2.05) is 0 Å². The number of halogens is 2. The zero-order valence-electron chi connectivity index (χ0n) is 11.3. The molecule has 1 fully saturated rings. The van der Waals surface area contributed by atoms with Gasteiger partial charge in [0.05, 0.1) is 5.69 Å². The van der Waals surface area contributed by atoms with Crippen molar-refractivity contribution in [1.29, 1.82) is 0 Å². The molecular weight excluding hydrogens is 426 g/mol. The van der Waals surface area contributed by atoms with Crippen molar-refractivity contribution in [2.45, 2.75) is 11.8 Å². The van der Waals surface area contributed by atoms with Gasteiger partial charge in [-0.15, -0.1) is 0 Å². The third-order valence-electron chi connectivity index (χ3n) is 3.32. The van der Waals surface area contributed by atoms with Gasteiger partial charge < -0.3 is 10.6 Å². The van der Waals surface area contributed by atoms with Crippen molar-refractivity contribution >= 4 is 53.5 Å². The van der Waals surface area contributed by atoms with Gasteiger partial charge in [0.25, 0.3) is 0 Å². The van der Waals surface area contributed by atoms with Crippen molar-refractivity contribution < 1.29 is 13.2 Å². The molecule has 0 aromatic heterocycles. The third-order valence-corrected chi connectivity index (χ3v) is 6.68. The molecule has 0 radical (unpaired) electrons. The average Bonchev–Trinajstić information content (AvgIpc) is 2.37. The van der Waals surface area contributed by atoms with E-state index in [4.69, 9.17) is 5.73 Å². The second kappa shape index (κ2) is 6.23. The van der Waals surface area contributed by atoms with Gasteiger partial charge in [0, 0.05) is 42.0 Å². The molecule has 1 aliphatic rings. The minimum atomic E-state index is -3.69. The maximum absolute atomic E-state index is 12.7. The van der Waals surface area contributed by atoms with Crippen molar-refractivity contribution in [3.05, 3.63) is 21.1 Å². The fourth-order valence-corrected chi connectivity index (χ4v) is 5.66. The van der Waals surface area contributed by atoms with Gasteiger partial charge in [0.1, 0.15) is 4.90 Å². The fourth-order valence-electron chi connectivity index (χ4n) is 2.22. The number of carbonyl (C=O) groups excluding carboxylic acids is 1. The van der Waals surface area contributed by atoms with E-state index in [1.165, 1.54) is 11.2 Å². The number of rotatable bonds is 2. The first-order valence-corrected chi connectivity index (χ1v) is 9.26. The molecule has 21 heavy (non-hydrogen) atoms. The lowest BCUT2D eigenvalue weighted by Gasteiger charge is -2.33. The molecular formula is C12H15Br2N3O3S. The maximum atomic E-state index is 12.7. The minimum absolute atomic E-state index is 0.0450. The molecule has 6 nitrogen and oxygen atoms in total. The lowest BCUT2D eigenvalue weighted by molar-refractivity contribution is -0.129. The minimum Gasteiger partial charge on any atom is -0.398 e. The second-order valence-electron chi connectivity index (χ2n) is 4.72. The molecule has 2 rings (SSSR count). The molecule has 2 N–H and O–H groups in total. The number of nitrogens with two attached hydrogens (primary N) is 1. The highest BCUT2D eigenvalue weighted by Gasteiger charge is 2.32. The van der Waals surface area contributed by atoms with E-state index in [0.717, 1.165) is 0 Å². The summed E-state index contributed by atoms with van der Waals surface area (Å²) in [6.45, 7) is 2.80. The number of hydrogen-bond donors (Lipinski definition) is 1. The van der Waals surface area contributed by atoms with Crippen LogP contribution in [0.3, 0.4) is 0 Å². The lowest BCUT2D eigenvalue weighted by Crippen LogP contribution is -2.50. The lowest BCUT2D eigenvalue weighted by atomic mass is 10.3. The van der Waals surface area contributed by atoms with E-state index in [0.29, 0.717) is 22.0 Å². The highest BCUT2D eigenvalue weighted by molar-refractivity contribution is 9.11. The number of nitrogens with zero attached hydrogens (tertiary/aromatic N) is 2. The number of hydrogen-bond acceptors (Lipinski definition) is 4. The number of amides is 1. The van der Waals surface area contributed by atoms with Gasteiger partial charge in [-0.1, -0.05) is 15.9 Å². The summed E-state index contributed by atoms with van der Waals surface area (Å²) in [4.78, 5) is 13.0. The summed E-state index contributed by atoms with van der Waals surface area (Å²) in [5.41, 5.74) is 6.05. The molecule has 116 valence electrons. The summed E-state index contributed by atoms with van der Waals surface area (Å²) in [7, 11) is -3.69. The maximum Gasteiger partial charge on any atom is 0.246 e. The van der Waals surface area contributed by atoms with E-state index < -0.39 is 10.0 Å². The Kier molecular flexibility index (Phi) is 4.96. The Labute approximate surface area is 140 Å². The molecule has 1 saturated heterocycles. The Bertz CT molecular complexity index is 647. The highest BCUT2D eigenvalue weighted by Crippen LogP contribution is 2.33. The Morgan fingerprint density at radius 1 is 1.19 bits per heavy atom. The summed E-state index contributed by atoms with van der Waals surface area (Å²) in [6.07, 6.45) is 0. The number of carbonyl (C=O) groups is 1. The predicted octanol–water partition coefficient (Wildman–Crippen LogP) is 1.65. The van der Waals surface area contributed by atoms with Crippen molar-refractivity contribution in [3.8, 4) is 0 Å². The number of benzene rings is 1. The zero-order chi connectivity index (χ0) is 15.8. The van der Waals surface area contributed by atoms with E-state index in [9.17, 15) is 13.2 Å². The largest absolute Gasteiger partial charge is 0.398 e. The van der Waals surface area contributed by atoms with E-state index in [1.54, 1.807) is 17.0 Å². The molecule has 1 aromatic carbocycles. The summed E-state index contributed by atoms with van der Waals surface area (Å²) in [6, 6.07) is 3.21. The van der Waals surface area contributed by atoms with Crippen molar-refractivity contribution in [1.82, 2.24) is 9.21 Å². The Morgan fingerprint density at radius 2 is 1.76 bits per heavy atom. The monoisotopic (exact) mass is 439 g/mol. The van der Waals surface area contributed by atoms with Gasteiger partial charge in [0.15, 0.2) is 0 Å². The van der Waals surface area contributed by atoms with Crippen LogP contribution in [0.4, 0.5) is 5.69 Å². The van der Waals surface area contributed by atoms with Crippen molar-refractivity contribution in [2.75, 3.05) is 31.9 Å². The average molecular weight is 441 g/mol. The first-order chi connectivity index (χ1) is 9.73. The summed E-state index contributed by atoms with van der Waals surface area (Å²) >= 11 is 6.53. The standard InChI is InChI=1S/C12H15Br2N3O3S/c1-8(18)16-2-4-17(5-3-16)21(19,20)12-10(14)6-9(13)7-11(12)15/h6-7H,2-5,15H2,1H3. The Morgan fingerprint density at radius 3 is 2.24 bits per heavy atom. The van der Waals surface area contributed by atoms with Crippen LogP contribution < -0.4 is 5.73 Å². The van der Waals surface area contributed by atoms with Crippen LogP contribution in [-0.4, -0.2) is 49.7 Å². The molecule has 9 heteroatoms. The molecule has 0 spiro atoms. The molecule has 1 aromatic rings. The molecule has 1 heterocycles. The first-order valence-electron chi connectivity index (χ1n) is 6.23. The van der Waals surface area contributed by atoms with Gasteiger partial charge >= 0.3 is 0 Å². The quantitative estimate of drug-likeness (QED) is 0.708. The molecule has 1 aliphatic heterocycles. The Balaban J connectivity index is 2.30. The first kappa shape index (κ1) is 16.7. The summed E-state index contributed by atoms with van der Waals surface area (Å²) in [5, 5.41) is 0. The SMILES string of the molecule is CC(=O)N1CCN(S(=O)(=O)c2c(N)cc(Br)cc2Br)CC1. The molecule has 0 unspecified atom stereocenters. The number of sulfonamides is 1. The number of piperazine rings is 1. The molecule has 0 bridgehead atoms. The summed E-state index contributed by atoms with van der Waals surface area (Å²) in [5.74, 6) is -0.0450. The van der Waals surface area contributed by atoms with Gasteiger partial charge in [-0.3, -0.25) is 4.79 Å². The molecule has 0 saturated carbocycles. The van der Waals surface area contributed by atoms with Crippen LogP contribution in [0.5, 0.6) is 0 Å². The van der Waals surface area contributed by atoms with Crippen LogP contribution in [-0.2, 0) is 14.8 Å². The van der Waals surface area contributed by atoms with Gasteiger partial charge in [-0.25, -0.2) is 8.42 Å². The Hall–Kier alpha value is -0.640. The number of nitrogen functional groups attached to an aromatic ring is 1. The zero-order valence-corrected chi connectivity index (χ0v) is 15.3. The van der Waals surface area contributed by atoms with Gasteiger partial charge in [-0.2, -0.15) is 4.31 Å². The summed E-state index contributed by atoms with van der Waals surface area (Å²) < 4.78 is 27.9. The molecule has 1 amide bonds. The third kappa shape index (κ3) is 3.41. The van der Waals surface area contributed by atoms with Crippen LogP contribution in [0.2, 0.25) is 0 Å². The predicted molar refractivity (Wildman–Crippen MR) is 87.3 cm³/mol. The van der Waals surface area contributed by atoms with Crippen LogP contribution in [0.15, 0.2) is 26.0 Å². The second-order valence-corrected chi connectivity index (χ2v) is 8.36. The number of anilines is 1.